The van der Waals surface area contributed by atoms with Crippen LogP contribution >= 0.6 is 0 Å². The first kappa shape index (κ1) is 24.2. The number of nitrogens with zero attached hydrogens (tertiary/aromatic N) is 4. The van der Waals surface area contributed by atoms with Gasteiger partial charge in [0.1, 0.15) is 5.82 Å². The van der Waals surface area contributed by atoms with Gasteiger partial charge in [0.15, 0.2) is 23.2 Å². The Morgan fingerprint density at radius 3 is 2.34 bits per heavy atom. The third-order valence-corrected chi connectivity index (χ3v) is 7.28. The smallest absolute Gasteiger partial charge is 0.187 e. The maximum atomic E-state index is 14.1. The Balaban J connectivity index is 1.40. The third kappa shape index (κ3) is 4.65. The molecule has 4 aromatic rings. The Hall–Kier alpha value is -4.11. The molecule has 2 aromatic heterocycles. The number of pyridine rings is 2. The lowest BCUT2D eigenvalue weighted by molar-refractivity contribution is 0.0968. The summed E-state index contributed by atoms with van der Waals surface area (Å²) in [6.45, 7) is 3.78. The first-order chi connectivity index (χ1) is 18.4. The first-order valence-corrected chi connectivity index (χ1v) is 12.7. The molecule has 2 aliphatic rings. The number of halogens is 2. The van der Waals surface area contributed by atoms with Crippen molar-refractivity contribution in [2.75, 3.05) is 43.4 Å². The van der Waals surface area contributed by atoms with E-state index in [0.29, 0.717) is 33.4 Å². The molecule has 194 valence electrons. The highest BCUT2D eigenvalue weighted by atomic mass is 19.1. The number of carbonyl (C=O) groups is 1. The van der Waals surface area contributed by atoms with Gasteiger partial charge in [-0.1, -0.05) is 6.07 Å². The molecule has 2 N–H and O–H groups in total. The van der Waals surface area contributed by atoms with E-state index in [-0.39, 0.29) is 17.3 Å². The molecule has 1 saturated carbocycles. The molecule has 0 spiro atoms. The fraction of sp³-hybridized carbons (Fsp3) is 0.276. The minimum atomic E-state index is -1.04. The number of carbonyl (C=O) groups excluding carboxylic acids is 1. The van der Waals surface area contributed by atoms with E-state index >= 15 is 0 Å². The molecule has 2 aromatic carbocycles. The lowest BCUT2D eigenvalue weighted by Gasteiger charge is -2.33. The van der Waals surface area contributed by atoms with E-state index in [9.17, 15) is 18.7 Å². The molecular weight excluding hydrogens is 488 g/mol. The summed E-state index contributed by atoms with van der Waals surface area (Å²) in [5.74, 6) is -2.19. The molecule has 7 nitrogen and oxygen atoms in total. The zero-order chi connectivity index (χ0) is 26.4. The highest BCUT2D eigenvalue weighted by Crippen LogP contribution is 2.39. The number of fused-ring (bicyclic) bond motifs is 1. The van der Waals surface area contributed by atoms with Gasteiger partial charge in [0.2, 0.25) is 0 Å². The van der Waals surface area contributed by atoms with Gasteiger partial charge in [-0.05, 0) is 67.4 Å². The second kappa shape index (κ2) is 9.64. The van der Waals surface area contributed by atoms with Crippen molar-refractivity contribution in [3.05, 3.63) is 72.1 Å². The van der Waals surface area contributed by atoms with Gasteiger partial charge in [0.05, 0.1) is 28.7 Å². The molecule has 3 heterocycles. The summed E-state index contributed by atoms with van der Waals surface area (Å²) in [6.07, 6.45) is 5.05. The van der Waals surface area contributed by atoms with E-state index < -0.39 is 17.4 Å². The Morgan fingerprint density at radius 1 is 0.947 bits per heavy atom. The van der Waals surface area contributed by atoms with Crippen molar-refractivity contribution in [2.24, 2.45) is 5.92 Å². The fourth-order valence-corrected chi connectivity index (χ4v) is 4.82. The van der Waals surface area contributed by atoms with Crippen LogP contribution in [-0.2, 0) is 0 Å². The van der Waals surface area contributed by atoms with E-state index in [0.717, 1.165) is 57.0 Å². The Bertz CT molecular complexity index is 1510. The minimum absolute atomic E-state index is 0.0176. The van der Waals surface area contributed by atoms with Gasteiger partial charge in [0.25, 0.3) is 0 Å². The van der Waals surface area contributed by atoms with Crippen LogP contribution in [0.25, 0.3) is 22.0 Å². The fourth-order valence-electron chi connectivity index (χ4n) is 4.82. The average molecular weight is 516 g/mol. The second-order valence-corrected chi connectivity index (χ2v) is 10.0. The molecule has 2 fully saturated rings. The summed E-state index contributed by atoms with van der Waals surface area (Å²) < 4.78 is 28.2. The molecule has 6 rings (SSSR count). The molecule has 0 radical (unpaired) electrons. The Kier molecular flexibility index (Phi) is 6.15. The molecule has 0 atom stereocenters. The molecule has 1 aliphatic carbocycles. The van der Waals surface area contributed by atoms with Gasteiger partial charge in [-0.15, -0.1) is 0 Å². The van der Waals surface area contributed by atoms with Gasteiger partial charge >= 0.3 is 0 Å². The zero-order valence-corrected chi connectivity index (χ0v) is 20.9. The van der Waals surface area contributed by atoms with Crippen molar-refractivity contribution in [3.63, 3.8) is 0 Å². The summed E-state index contributed by atoms with van der Waals surface area (Å²) in [4.78, 5) is 26.9. The summed E-state index contributed by atoms with van der Waals surface area (Å²) in [5, 5.41) is 13.5. The van der Waals surface area contributed by atoms with Gasteiger partial charge in [-0.2, -0.15) is 0 Å². The van der Waals surface area contributed by atoms with Gasteiger partial charge in [-0.3, -0.25) is 9.78 Å². The number of hydrogen-bond donors (Lipinski definition) is 2. The molecule has 1 aliphatic heterocycles. The number of ketones is 1. The topological polar surface area (TPSA) is 81.6 Å². The van der Waals surface area contributed by atoms with Crippen molar-refractivity contribution in [1.82, 2.24) is 14.9 Å². The summed E-state index contributed by atoms with van der Waals surface area (Å²) >= 11 is 0. The van der Waals surface area contributed by atoms with Crippen LogP contribution < -0.4 is 10.2 Å². The van der Waals surface area contributed by atoms with Crippen LogP contribution in [0.1, 0.15) is 23.2 Å². The van der Waals surface area contributed by atoms with Crippen molar-refractivity contribution in [1.29, 1.82) is 0 Å². The van der Waals surface area contributed by atoms with Crippen molar-refractivity contribution in [3.8, 4) is 16.9 Å². The molecular formula is C29H27F2N5O2. The summed E-state index contributed by atoms with van der Waals surface area (Å²) in [7, 11) is 2.11. The number of aromatic hydroxyl groups is 1. The minimum Gasteiger partial charge on any atom is -0.503 e. The van der Waals surface area contributed by atoms with E-state index in [4.69, 9.17) is 0 Å². The Labute approximate surface area is 218 Å². The number of aromatic nitrogens is 2. The predicted molar refractivity (Wildman–Crippen MR) is 143 cm³/mol. The summed E-state index contributed by atoms with van der Waals surface area (Å²) in [6, 6.07) is 11.3. The maximum absolute atomic E-state index is 14.1. The van der Waals surface area contributed by atoms with Crippen molar-refractivity contribution >= 4 is 33.9 Å². The third-order valence-electron chi connectivity index (χ3n) is 7.28. The standard InChI is InChI=1S/C29H27F2N5O2/c1-35-8-10-36(11-9-35)26-7-5-20(15-33-26)34-27-21-12-18(19-13-23(30)29(38)24(31)14-19)4-6-25(21)32-16-22(27)28(37)17-2-3-17/h4-7,12-17,38H,2-3,8-11H2,1H3,(H,32,34). The van der Waals surface area contributed by atoms with Gasteiger partial charge in [-0.25, -0.2) is 13.8 Å². The van der Waals surface area contributed by atoms with Crippen LogP contribution in [0, 0.1) is 17.6 Å². The monoisotopic (exact) mass is 515 g/mol. The maximum Gasteiger partial charge on any atom is 0.187 e. The molecule has 38 heavy (non-hydrogen) atoms. The molecule has 0 unspecified atom stereocenters. The number of phenolic OH excluding ortho intramolecular Hbond substituents is 1. The van der Waals surface area contributed by atoms with Gasteiger partial charge in [0, 0.05) is 43.7 Å². The van der Waals surface area contributed by atoms with Gasteiger partial charge < -0.3 is 20.2 Å². The molecule has 0 amide bonds. The van der Waals surface area contributed by atoms with E-state index in [1.54, 1.807) is 30.6 Å². The number of anilines is 3. The van der Waals surface area contributed by atoms with E-state index in [2.05, 4.69) is 32.1 Å². The van der Waals surface area contributed by atoms with E-state index in [1.165, 1.54) is 0 Å². The number of phenols is 1. The number of benzene rings is 2. The number of likely N-dealkylation sites (N-methyl/N-ethyl adjacent to an activating group) is 1. The van der Waals surface area contributed by atoms with Crippen LogP contribution in [0.3, 0.4) is 0 Å². The molecule has 1 saturated heterocycles. The first-order valence-electron chi connectivity index (χ1n) is 12.7. The predicted octanol–water partition coefficient (Wildman–Crippen LogP) is 5.37. The van der Waals surface area contributed by atoms with Crippen molar-refractivity contribution < 1.29 is 18.7 Å². The highest BCUT2D eigenvalue weighted by molar-refractivity contribution is 6.11. The lowest BCUT2D eigenvalue weighted by Crippen LogP contribution is -2.44. The number of piperazine rings is 1. The largest absolute Gasteiger partial charge is 0.503 e. The van der Waals surface area contributed by atoms with E-state index in [1.807, 2.05) is 12.1 Å². The highest BCUT2D eigenvalue weighted by Gasteiger charge is 2.32. The Morgan fingerprint density at radius 2 is 1.68 bits per heavy atom. The zero-order valence-electron chi connectivity index (χ0n) is 20.9. The number of nitrogens with one attached hydrogen (secondary N) is 1. The van der Waals surface area contributed by atoms with Crippen molar-refractivity contribution in [2.45, 2.75) is 12.8 Å². The molecule has 9 heteroatoms. The normalized spacial score (nSPS) is 16.1. The second-order valence-electron chi connectivity index (χ2n) is 10.0. The quantitative estimate of drug-likeness (QED) is 0.334. The van der Waals surface area contributed by atoms with Crippen LogP contribution in [0.4, 0.5) is 26.0 Å². The lowest BCUT2D eigenvalue weighted by atomic mass is 9.98. The van der Waals surface area contributed by atoms with Crippen LogP contribution in [0.5, 0.6) is 5.75 Å². The molecule has 0 bridgehead atoms. The number of rotatable bonds is 6. The number of hydrogen-bond acceptors (Lipinski definition) is 7. The van der Waals surface area contributed by atoms with Crippen LogP contribution in [-0.4, -0.2) is 59.0 Å². The summed E-state index contributed by atoms with van der Waals surface area (Å²) in [5.41, 5.74) is 3.20. The van der Waals surface area contributed by atoms with Crippen LogP contribution in [0.2, 0.25) is 0 Å². The average Bonchev–Trinajstić information content (AvgIpc) is 3.78. The SMILES string of the molecule is CN1CCN(c2ccc(Nc3c(C(=O)C4CC4)cnc4ccc(-c5cc(F)c(O)c(F)c5)cc34)cn2)CC1. The van der Waals surface area contributed by atoms with Crippen LogP contribution in [0.15, 0.2) is 54.9 Å². The number of Topliss-reactive ketones (excluding diaryl/α,β-unsaturated/α-hetero) is 1.